The van der Waals surface area contributed by atoms with Gasteiger partial charge in [0.25, 0.3) is 0 Å². The molecule has 0 spiro atoms. The lowest BCUT2D eigenvalue weighted by atomic mass is 10.1. The minimum absolute atomic E-state index is 0.326. The third-order valence-corrected chi connectivity index (χ3v) is 6.82. The summed E-state index contributed by atoms with van der Waals surface area (Å²) in [5, 5.41) is 10.6. The lowest BCUT2D eigenvalue weighted by Crippen LogP contribution is -2.21. The summed E-state index contributed by atoms with van der Waals surface area (Å²) in [6, 6.07) is 16.1. The highest BCUT2D eigenvalue weighted by Crippen LogP contribution is 2.29. The summed E-state index contributed by atoms with van der Waals surface area (Å²) in [7, 11) is 1.97. The first-order chi connectivity index (χ1) is 15.5. The summed E-state index contributed by atoms with van der Waals surface area (Å²) < 4.78 is 7.42. The smallest absolute Gasteiger partial charge is 0.336 e. The Morgan fingerprint density at radius 2 is 1.75 bits per heavy atom. The van der Waals surface area contributed by atoms with E-state index in [-0.39, 0.29) is 5.63 Å². The Morgan fingerprint density at radius 1 is 1.00 bits per heavy atom. The average molecular weight is 449 g/mol. The molecule has 166 valence electrons. The Balaban J connectivity index is 1.56. The number of aryl methyl sites for hydroxylation is 1. The number of anilines is 1. The summed E-state index contributed by atoms with van der Waals surface area (Å²) in [5.74, 6) is 1.43. The van der Waals surface area contributed by atoms with Gasteiger partial charge in [0.1, 0.15) is 5.58 Å². The topological polar surface area (TPSA) is 64.2 Å². The Kier molecular flexibility index (Phi) is 6.65. The number of nitrogens with zero attached hydrogens (tertiary/aromatic N) is 4. The van der Waals surface area contributed by atoms with E-state index >= 15 is 0 Å². The summed E-state index contributed by atoms with van der Waals surface area (Å²) in [4.78, 5) is 14.4. The number of aromatic nitrogens is 3. The molecule has 0 radical (unpaired) electrons. The molecule has 6 nitrogen and oxygen atoms in total. The van der Waals surface area contributed by atoms with E-state index in [0.29, 0.717) is 11.3 Å². The maximum absolute atomic E-state index is 12.1. The highest BCUT2D eigenvalue weighted by Gasteiger charge is 2.14. The highest BCUT2D eigenvalue weighted by atomic mass is 32.2. The molecule has 0 bridgehead atoms. The number of benzene rings is 2. The molecule has 0 N–H and O–H groups in total. The molecule has 0 fully saturated rings. The first kappa shape index (κ1) is 22.1. The van der Waals surface area contributed by atoms with Crippen molar-refractivity contribution >= 4 is 28.4 Å². The molecule has 0 atom stereocenters. The Bertz CT molecular complexity index is 1270. The van der Waals surface area contributed by atoms with Crippen molar-refractivity contribution in [1.82, 2.24) is 14.8 Å². The van der Waals surface area contributed by atoms with E-state index in [9.17, 15) is 4.79 Å². The third-order valence-electron chi connectivity index (χ3n) is 5.75. The van der Waals surface area contributed by atoms with Crippen LogP contribution in [0.25, 0.3) is 22.4 Å². The zero-order valence-electron chi connectivity index (χ0n) is 19.0. The largest absolute Gasteiger partial charge is 0.423 e. The molecule has 0 aliphatic carbocycles. The van der Waals surface area contributed by atoms with Gasteiger partial charge >= 0.3 is 5.63 Å². The molecule has 0 saturated carbocycles. The second-order valence-electron chi connectivity index (χ2n) is 7.65. The van der Waals surface area contributed by atoms with Gasteiger partial charge < -0.3 is 13.9 Å². The number of fused-ring (bicyclic) bond motifs is 1. The molecule has 0 amide bonds. The Morgan fingerprint density at radius 3 is 2.44 bits per heavy atom. The molecule has 0 aliphatic heterocycles. The van der Waals surface area contributed by atoms with Gasteiger partial charge in [-0.25, -0.2) is 4.79 Å². The normalized spacial score (nSPS) is 11.2. The van der Waals surface area contributed by atoms with Crippen LogP contribution in [0.4, 0.5) is 5.69 Å². The van der Waals surface area contributed by atoms with Gasteiger partial charge in [-0.3, -0.25) is 0 Å². The molecule has 0 aliphatic rings. The predicted molar refractivity (Wildman–Crippen MR) is 131 cm³/mol. The maximum atomic E-state index is 12.1. The SMILES string of the molecule is CCc1ccc2c(CSc3nnc(-c4ccc(N(CC)CC)cc4)n3C)cc(=O)oc2c1. The van der Waals surface area contributed by atoms with Crippen LogP contribution < -0.4 is 10.5 Å². The number of rotatable bonds is 8. The van der Waals surface area contributed by atoms with Gasteiger partial charge in [-0.1, -0.05) is 30.8 Å². The van der Waals surface area contributed by atoms with Crippen molar-refractivity contribution in [3.8, 4) is 11.4 Å². The summed E-state index contributed by atoms with van der Waals surface area (Å²) in [5.41, 5.74) is 4.64. The molecular formula is C25H28N4O2S. The van der Waals surface area contributed by atoms with Crippen molar-refractivity contribution < 1.29 is 4.42 Å². The van der Waals surface area contributed by atoms with Crippen LogP contribution in [0.1, 0.15) is 31.9 Å². The quantitative estimate of drug-likeness (QED) is 0.270. The van der Waals surface area contributed by atoms with E-state index < -0.39 is 0 Å². The van der Waals surface area contributed by atoms with Crippen molar-refractivity contribution in [3.05, 3.63) is 70.1 Å². The highest BCUT2D eigenvalue weighted by molar-refractivity contribution is 7.98. The van der Waals surface area contributed by atoms with Gasteiger partial charge in [0, 0.05) is 48.6 Å². The zero-order chi connectivity index (χ0) is 22.7. The number of hydrogen-bond acceptors (Lipinski definition) is 6. The van der Waals surface area contributed by atoms with Crippen LogP contribution in [0.3, 0.4) is 0 Å². The Labute approximate surface area is 192 Å². The second-order valence-corrected chi connectivity index (χ2v) is 8.59. The fourth-order valence-electron chi connectivity index (χ4n) is 3.86. The fourth-order valence-corrected chi connectivity index (χ4v) is 4.76. The van der Waals surface area contributed by atoms with Crippen LogP contribution in [-0.4, -0.2) is 27.9 Å². The minimum Gasteiger partial charge on any atom is -0.423 e. The molecule has 0 saturated heterocycles. The van der Waals surface area contributed by atoms with Crippen molar-refractivity contribution in [1.29, 1.82) is 0 Å². The van der Waals surface area contributed by atoms with E-state index in [0.717, 1.165) is 52.6 Å². The van der Waals surface area contributed by atoms with Crippen LogP contribution in [0, 0.1) is 0 Å². The predicted octanol–water partition coefficient (Wildman–Crippen LogP) is 5.29. The Hall–Kier alpha value is -3.06. The van der Waals surface area contributed by atoms with Crippen molar-refractivity contribution in [2.45, 2.75) is 38.1 Å². The van der Waals surface area contributed by atoms with Crippen molar-refractivity contribution in [2.24, 2.45) is 7.05 Å². The van der Waals surface area contributed by atoms with Gasteiger partial charge in [-0.15, -0.1) is 10.2 Å². The molecule has 4 aromatic rings. The minimum atomic E-state index is -0.326. The molecule has 2 aromatic heterocycles. The summed E-state index contributed by atoms with van der Waals surface area (Å²) in [6.45, 7) is 8.36. The van der Waals surface area contributed by atoms with Crippen molar-refractivity contribution in [2.75, 3.05) is 18.0 Å². The third kappa shape index (κ3) is 4.43. The fraction of sp³-hybridized carbons (Fsp3) is 0.320. The molecule has 2 aromatic carbocycles. The molecule has 2 heterocycles. The monoisotopic (exact) mass is 448 g/mol. The summed E-state index contributed by atoms with van der Waals surface area (Å²) in [6.07, 6.45) is 0.899. The van der Waals surface area contributed by atoms with Gasteiger partial charge in [0.2, 0.25) is 0 Å². The number of hydrogen-bond donors (Lipinski definition) is 0. The first-order valence-electron chi connectivity index (χ1n) is 11.0. The first-order valence-corrected chi connectivity index (χ1v) is 12.0. The molecule has 7 heteroatoms. The van der Waals surface area contributed by atoms with Crippen LogP contribution >= 0.6 is 11.8 Å². The zero-order valence-corrected chi connectivity index (χ0v) is 19.8. The van der Waals surface area contributed by atoms with Gasteiger partial charge in [-0.05, 0) is 61.7 Å². The van der Waals surface area contributed by atoms with Gasteiger partial charge in [-0.2, -0.15) is 0 Å². The van der Waals surface area contributed by atoms with Crippen LogP contribution in [0.15, 0.2) is 62.9 Å². The second kappa shape index (κ2) is 9.61. The van der Waals surface area contributed by atoms with E-state index in [1.165, 1.54) is 5.69 Å². The number of thioether (sulfide) groups is 1. The van der Waals surface area contributed by atoms with E-state index in [1.807, 2.05) is 23.7 Å². The molecule has 32 heavy (non-hydrogen) atoms. The van der Waals surface area contributed by atoms with E-state index in [1.54, 1.807) is 17.8 Å². The van der Waals surface area contributed by atoms with Crippen molar-refractivity contribution in [3.63, 3.8) is 0 Å². The van der Waals surface area contributed by atoms with Crippen LogP contribution in [0.5, 0.6) is 0 Å². The van der Waals surface area contributed by atoms with Crippen LogP contribution in [-0.2, 0) is 19.2 Å². The molecule has 0 unspecified atom stereocenters. The summed E-state index contributed by atoms with van der Waals surface area (Å²) >= 11 is 1.56. The van der Waals surface area contributed by atoms with E-state index in [2.05, 4.69) is 66.2 Å². The van der Waals surface area contributed by atoms with Gasteiger partial charge in [0.15, 0.2) is 11.0 Å². The average Bonchev–Trinajstić information content (AvgIpc) is 3.18. The van der Waals surface area contributed by atoms with E-state index in [4.69, 9.17) is 4.42 Å². The lowest BCUT2D eigenvalue weighted by Gasteiger charge is -2.21. The lowest BCUT2D eigenvalue weighted by molar-refractivity contribution is 0.559. The van der Waals surface area contributed by atoms with Crippen LogP contribution in [0.2, 0.25) is 0 Å². The molecule has 4 rings (SSSR count). The maximum Gasteiger partial charge on any atom is 0.336 e. The standard InChI is InChI=1S/C25H28N4O2S/c1-5-17-8-13-21-19(15-23(30)31-22(21)14-17)16-32-25-27-26-24(28(25)4)18-9-11-20(12-10-18)29(6-2)7-3/h8-15H,5-7,16H2,1-4H3. The van der Waals surface area contributed by atoms with Gasteiger partial charge in [0.05, 0.1) is 0 Å². The molecular weight excluding hydrogens is 420 g/mol.